The molecule has 1 heterocycles. The molecule has 96 valence electrons. The molecule has 0 spiro atoms. The fourth-order valence-electron chi connectivity index (χ4n) is 4.16. The number of fused-ring (bicyclic) bond motifs is 1. The first-order chi connectivity index (χ1) is 8.01. The Morgan fingerprint density at radius 3 is 2.71 bits per heavy atom. The summed E-state index contributed by atoms with van der Waals surface area (Å²) in [6, 6.07) is 0. The number of ether oxygens (including phenoxy) is 1. The molecule has 5 nitrogen and oxygen atoms in total. The maximum Gasteiger partial charge on any atom is 0.310 e. The Kier molecular flexibility index (Phi) is 2.32. The second kappa shape index (κ2) is 3.45. The van der Waals surface area contributed by atoms with Crippen molar-refractivity contribution in [1.82, 2.24) is 0 Å². The molecule has 6 heteroatoms. The van der Waals surface area contributed by atoms with Crippen LogP contribution in [0.5, 0.6) is 0 Å². The number of methoxy groups -OCH3 is 1. The van der Waals surface area contributed by atoms with E-state index in [4.69, 9.17) is 8.92 Å². The molecule has 3 aliphatic rings. The van der Waals surface area contributed by atoms with Gasteiger partial charge in [0.1, 0.15) is 5.25 Å². The van der Waals surface area contributed by atoms with Gasteiger partial charge in [-0.1, -0.05) is 13.3 Å². The zero-order chi connectivity index (χ0) is 12.4. The minimum absolute atomic E-state index is 0.000880. The van der Waals surface area contributed by atoms with Gasteiger partial charge in [0.25, 0.3) is 10.1 Å². The third-order valence-corrected chi connectivity index (χ3v) is 6.50. The van der Waals surface area contributed by atoms with E-state index in [0.717, 1.165) is 12.8 Å². The molecule has 2 aliphatic carbocycles. The predicted octanol–water partition coefficient (Wildman–Crippen LogP) is 0.549. The monoisotopic (exact) mass is 260 g/mol. The second-order valence-corrected chi connectivity index (χ2v) is 6.93. The van der Waals surface area contributed by atoms with Crippen LogP contribution in [0.3, 0.4) is 0 Å². The van der Waals surface area contributed by atoms with Crippen LogP contribution >= 0.6 is 0 Å². The van der Waals surface area contributed by atoms with Crippen molar-refractivity contribution in [2.45, 2.75) is 31.1 Å². The third kappa shape index (κ3) is 1.28. The SMILES string of the molecule is CCC1C2CC3C1OS(=O)(=O)C3C2C(=O)OC. The maximum atomic E-state index is 11.9. The summed E-state index contributed by atoms with van der Waals surface area (Å²) in [4.78, 5) is 11.8. The van der Waals surface area contributed by atoms with Gasteiger partial charge in [0, 0.05) is 5.92 Å². The third-order valence-electron chi connectivity index (χ3n) is 4.70. The lowest BCUT2D eigenvalue weighted by molar-refractivity contribution is -0.148. The topological polar surface area (TPSA) is 69.7 Å². The fourth-order valence-corrected chi connectivity index (χ4v) is 6.25. The standard InChI is InChI=1S/C11H16O5S/c1-3-5-6-4-7-9(5)16-17(13,14)10(7)8(6)11(12)15-2/h5-10H,3-4H2,1-2H3. The average Bonchev–Trinajstić information content (AvgIpc) is 2.86. The Hall–Kier alpha value is -0.620. The molecule has 0 amide bonds. The Morgan fingerprint density at radius 1 is 1.41 bits per heavy atom. The molecule has 3 fully saturated rings. The number of hydrogen-bond acceptors (Lipinski definition) is 5. The summed E-state index contributed by atoms with van der Waals surface area (Å²) in [5.41, 5.74) is 0. The summed E-state index contributed by atoms with van der Waals surface area (Å²) >= 11 is 0. The van der Waals surface area contributed by atoms with E-state index in [9.17, 15) is 13.2 Å². The molecule has 0 N–H and O–H groups in total. The van der Waals surface area contributed by atoms with Crippen LogP contribution in [0.1, 0.15) is 19.8 Å². The number of hydrogen-bond donors (Lipinski definition) is 0. The van der Waals surface area contributed by atoms with Crippen molar-refractivity contribution < 1.29 is 22.1 Å². The molecule has 6 atom stereocenters. The maximum absolute atomic E-state index is 11.9. The van der Waals surface area contributed by atoms with E-state index in [2.05, 4.69) is 0 Å². The Morgan fingerprint density at radius 2 is 2.12 bits per heavy atom. The van der Waals surface area contributed by atoms with Gasteiger partial charge in [0.2, 0.25) is 0 Å². The van der Waals surface area contributed by atoms with Crippen molar-refractivity contribution in [2.24, 2.45) is 23.7 Å². The van der Waals surface area contributed by atoms with Gasteiger partial charge in [-0.05, 0) is 18.3 Å². The molecule has 2 bridgehead atoms. The number of carbonyl (C=O) groups excluding carboxylic acids is 1. The van der Waals surface area contributed by atoms with E-state index < -0.39 is 27.3 Å². The summed E-state index contributed by atoms with van der Waals surface area (Å²) in [5.74, 6) is -0.617. The van der Waals surface area contributed by atoms with E-state index in [1.807, 2.05) is 6.92 Å². The molecule has 3 rings (SSSR count). The summed E-state index contributed by atoms with van der Waals surface area (Å²) in [6.45, 7) is 2.02. The zero-order valence-corrected chi connectivity index (χ0v) is 10.6. The van der Waals surface area contributed by atoms with Gasteiger partial charge in [-0.15, -0.1) is 0 Å². The largest absolute Gasteiger partial charge is 0.469 e. The van der Waals surface area contributed by atoms with Gasteiger partial charge >= 0.3 is 5.97 Å². The van der Waals surface area contributed by atoms with Crippen LogP contribution < -0.4 is 0 Å². The molecule has 0 aromatic carbocycles. The quantitative estimate of drug-likeness (QED) is 0.535. The van der Waals surface area contributed by atoms with Crippen molar-refractivity contribution in [2.75, 3.05) is 7.11 Å². The average molecular weight is 260 g/mol. The smallest absolute Gasteiger partial charge is 0.310 e. The Labute approximate surface area is 101 Å². The summed E-state index contributed by atoms with van der Waals surface area (Å²) in [7, 11) is -2.26. The predicted molar refractivity (Wildman–Crippen MR) is 58.5 cm³/mol. The lowest BCUT2D eigenvalue weighted by Crippen LogP contribution is -2.41. The second-order valence-electron chi connectivity index (χ2n) is 5.20. The normalized spacial score (nSPS) is 49.5. The van der Waals surface area contributed by atoms with Crippen LogP contribution in [0.4, 0.5) is 0 Å². The van der Waals surface area contributed by atoms with Crippen molar-refractivity contribution in [3.63, 3.8) is 0 Å². The Bertz CT molecular complexity index is 456. The molecule has 0 radical (unpaired) electrons. The van der Waals surface area contributed by atoms with Gasteiger partial charge in [-0.25, -0.2) is 0 Å². The fraction of sp³-hybridized carbons (Fsp3) is 0.909. The Balaban J connectivity index is 2.05. The highest BCUT2D eigenvalue weighted by molar-refractivity contribution is 7.87. The van der Waals surface area contributed by atoms with Crippen LogP contribution in [0, 0.1) is 23.7 Å². The molecule has 0 aromatic rings. The summed E-state index contributed by atoms with van der Waals surface area (Å²) in [6.07, 6.45) is 1.44. The zero-order valence-electron chi connectivity index (χ0n) is 9.83. The van der Waals surface area contributed by atoms with Gasteiger partial charge < -0.3 is 4.74 Å². The van der Waals surface area contributed by atoms with E-state index in [-0.39, 0.29) is 23.9 Å². The van der Waals surface area contributed by atoms with Gasteiger partial charge in [0.05, 0.1) is 19.1 Å². The minimum Gasteiger partial charge on any atom is -0.469 e. The first-order valence-corrected chi connectivity index (χ1v) is 7.48. The molecule has 0 aromatic heterocycles. The number of carbonyl (C=O) groups is 1. The van der Waals surface area contributed by atoms with Crippen LogP contribution in [0.2, 0.25) is 0 Å². The first-order valence-electron chi connectivity index (χ1n) is 6.01. The summed E-state index contributed by atoms with van der Waals surface area (Å²) in [5, 5.41) is -0.659. The van der Waals surface area contributed by atoms with Crippen molar-refractivity contribution in [3.8, 4) is 0 Å². The van der Waals surface area contributed by atoms with Gasteiger partial charge in [-0.3, -0.25) is 8.98 Å². The number of rotatable bonds is 2. The molecule has 2 saturated carbocycles. The lowest BCUT2D eigenvalue weighted by atomic mass is 9.77. The highest BCUT2D eigenvalue weighted by Crippen LogP contribution is 2.61. The highest BCUT2D eigenvalue weighted by atomic mass is 32.2. The highest BCUT2D eigenvalue weighted by Gasteiger charge is 2.69. The van der Waals surface area contributed by atoms with Gasteiger partial charge in [0.15, 0.2) is 0 Å². The lowest BCUT2D eigenvalue weighted by Gasteiger charge is -2.29. The van der Waals surface area contributed by atoms with Crippen LogP contribution in [0.25, 0.3) is 0 Å². The van der Waals surface area contributed by atoms with Crippen LogP contribution in [-0.4, -0.2) is 32.9 Å². The molecule has 17 heavy (non-hydrogen) atoms. The minimum atomic E-state index is -3.58. The molecule has 1 saturated heterocycles. The van der Waals surface area contributed by atoms with E-state index in [1.54, 1.807) is 0 Å². The molecule has 6 unspecified atom stereocenters. The van der Waals surface area contributed by atoms with E-state index in [1.165, 1.54) is 7.11 Å². The van der Waals surface area contributed by atoms with Crippen LogP contribution in [0.15, 0.2) is 0 Å². The summed E-state index contributed by atoms with van der Waals surface area (Å²) < 4.78 is 33.9. The van der Waals surface area contributed by atoms with E-state index >= 15 is 0 Å². The van der Waals surface area contributed by atoms with Crippen molar-refractivity contribution in [1.29, 1.82) is 0 Å². The number of esters is 1. The molecular weight excluding hydrogens is 244 g/mol. The first kappa shape index (κ1) is 11.5. The molecular formula is C11H16O5S. The molecule has 1 aliphatic heterocycles. The van der Waals surface area contributed by atoms with Gasteiger partial charge in [-0.2, -0.15) is 8.42 Å². The van der Waals surface area contributed by atoms with Crippen molar-refractivity contribution >= 4 is 16.1 Å². The van der Waals surface area contributed by atoms with Crippen molar-refractivity contribution in [3.05, 3.63) is 0 Å². The van der Waals surface area contributed by atoms with Crippen LogP contribution in [-0.2, 0) is 23.8 Å². The van der Waals surface area contributed by atoms with E-state index in [0.29, 0.717) is 0 Å².